The van der Waals surface area contributed by atoms with Crippen LogP contribution in [0.15, 0.2) is 22.7 Å². The van der Waals surface area contributed by atoms with E-state index in [1.165, 1.54) is 4.44 Å². The van der Waals surface area contributed by atoms with Crippen molar-refractivity contribution in [3.8, 4) is 0 Å². The van der Waals surface area contributed by atoms with E-state index in [4.69, 9.17) is 10.2 Å². The predicted molar refractivity (Wildman–Crippen MR) is 42.9 cm³/mol. The normalized spacial score (nSPS) is 12.1. The van der Waals surface area contributed by atoms with Crippen molar-refractivity contribution in [3.63, 3.8) is 0 Å². The molecule has 0 N–H and O–H groups in total. The molecule has 0 aromatic rings. The Hall–Kier alpha value is -0.0675. The monoisotopic (exact) mass is 207 g/mol. The fraction of sp³-hybridized carbons (Fsp3) is 0.556. The summed E-state index contributed by atoms with van der Waals surface area (Å²) >= 11 is 2.94. The van der Waals surface area contributed by atoms with Crippen LogP contribution >= 0.6 is 0 Å². The minimum atomic E-state index is 0. The van der Waals surface area contributed by atoms with E-state index in [1.54, 1.807) is 13.8 Å². The Morgan fingerprint density at radius 2 is 1.75 bits per heavy atom. The van der Waals surface area contributed by atoms with Gasteiger partial charge in [0.2, 0.25) is 0 Å². The van der Waals surface area contributed by atoms with Crippen LogP contribution < -0.4 is 10.2 Å². The zero-order chi connectivity index (χ0) is 9.82. The van der Waals surface area contributed by atoms with Gasteiger partial charge in [-0.2, -0.15) is 0 Å². The van der Waals surface area contributed by atoms with Gasteiger partial charge in [-0.05, 0) is 0 Å². The fourth-order valence-corrected chi connectivity index (χ4v) is 0.701. The van der Waals surface area contributed by atoms with Crippen LogP contribution in [0.25, 0.3) is 0 Å². The molecule has 0 aromatic heterocycles. The molecule has 0 aromatic carbocycles. The van der Waals surface area contributed by atoms with Crippen molar-refractivity contribution in [1.82, 2.24) is 0 Å². The molecule has 0 bridgehead atoms. The Balaban J connectivity index is 0. The minimum absolute atomic E-state index is 0. The van der Waals surface area contributed by atoms with E-state index in [0.717, 1.165) is 6.42 Å². The zero-order valence-corrected chi connectivity index (χ0v) is 8.85. The maximum atomic E-state index is 8.93. The van der Waals surface area contributed by atoms with Gasteiger partial charge in [-0.15, -0.1) is 13.2 Å². The first kappa shape index (κ1) is 14.5. The molecule has 12 heavy (non-hydrogen) atoms. The van der Waals surface area contributed by atoms with Gasteiger partial charge in [-0.25, -0.2) is 0 Å². The molecule has 0 amide bonds. The van der Waals surface area contributed by atoms with Crippen LogP contribution in [0, 0.1) is 0 Å². The van der Waals surface area contributed by atoms with E-state index in [0.29, 0.717) is 0 Å². The standard InChI is InChI=1S/C5H5.2C2H5O.Cr/c1-2-4-5-3-1;2*1-2-3;/h1-3H,4H2;2*2H2,1H3;/q;2*-1;+2. The third-order valence-electron chi connectivity index (χ3n) is 0.737. The number of hydrogen-bond donors (Lipinski definition) is 0. The molecule has 0 spiro atoms. The Bertz CT molecular complexity index is 128. The van der Waals surface area contributed by atoms with Crippen LogP contribution in [0.4, 0.5) is 0 Å². The Morgan fingerprint density at radius 1 is 1.33 bits per heavy atom. The molecule has 0 saturated heterocycles. The Kier molecular flexibility index (Phi) is 16.3. The van der Waals surface area contributed by atoms with Gasteiger partial charge in [0.05, 0.1) is 0 Å². The average Bonchev–Trinajstić information content (AvgIpc) is 2.43. The number of hydrogen-bond acceptors (Lipinski definition) is 2. The third-order valence-corrected chi connectivity index (χ3v) is 1.21. The van der Waals surface area contributed by atoms with Crippen molar-refractivity contribution in [2.45, 2.75) is 20.3 Å². The summed E-state index contributed by atoms with van der Waals surface area (Å²) in [6.07, 6.45) is 7.39. The van der Waals surface area contributed by atoms with Gasteiger partial charge in [-0.1, -0.05) is 13.8 Å². The van der Waals surface area contributed by atoms with Crippen molar-refractivity contribution in [3.05, 3.63) is 22.7 Å². The van der Waals surface area contributed by atoms with Crippen molar-refractivity contribution in [2.75, 3.05) is 13.2 Å². The first-order chi connectivity index (χ1) is 5.72. The molecule has 0 unspecified atom stereocenters. The molecule has 0 saturated carbocycles. The maximum absolute atomic E-state index is 8.93. The summed E-state index contributed by atoms with van der Waals surface area (Å²) in [6, 6.07) is 0. The van der Waals surface area contributed by atoms with Gasteiger partial charge in [-0.3, -0.25) is 0 Å². The quantitative estimate of drug-likeness (QED) is 0.566. The van der Waals surface area contributed by atoms with Gasteiger partial charge >= 0.3 is 45.4 Å². The Labute approximate surface area is 83.0 Å². The molecular formula is C9H15CrO2. The van der Waals surface area contributed by atoms with Gasteiger partial charge in [0.15, 0.2) is 0 Å². The summed E-state index contributed by atoms with van der Waals surface area (Å²) in [5.41, 5.74) is 0. The second-order valence-electron chi connectivity index (χ2n) is 1.84. The van der Waals surface area contributed by atoms with E-state index in [9.17, 15) is 0 Å². The van der Waals surface area contributed by atoms with Gasteiger partial charge < -0.3 is 10.2 Å². The number of rotatable bonds is 0. The molecule has 3 heteroatoms. The first-order valence-electron chi connectivity index (χ1n) is 3.91. The summed E-state index contributed by atoms with van der Waals surface area (Å²) < 4.78 is 1.34. The van der Waals surface area contributed by atoms with Crippen molar-refractivity contribution in [1.29, 1.82) is 0 Å². The molecule has 0 aliphatic heterocycles. The van der Waals surface area contributed by atoms with E-state index in [1.807, 2.05) is 0 Å². The summed E-state index contributed by atoms with van der Waals surface area (Å²) in [5, 5.41) is 17.9. The fourth-order valence-electron chi connectivity index (χ4n) is 0.428. The van der Waals surface area contributed by atoms with Crippen LogP contribution in [-0.2, 0) is 16.3 Å². The van der Waals surface area contributed by atoms with Crippen molar-refractivity contribution < 1.29 is 26.5 Å². The molecule has 1 rings (SSSR count). The van der Waals surface area contributed by atoms with E-state index in [-0.39, 0.29) is 13.2 Å². The van der Waals surface area contributed by atoms with E-state index < -0.39 is 0 Å². The molecule has 69 valence electrons. The topological polar surface area (TPSA) is 46.1 Å². The molecular weight excluding hydrogens is 192 g/mol. The van der Waals surface area contributed by atoms with Crippen LogP contribution in [0.3, 0.4) is 0 Å². The summed E-state index contributed by atoms with van der Waals surface area (Å²) in [4.78, 5) is 0. The Morgan fingerprint density at radius 3 is 1.83 bits per heavy atom. The summed E-state index contributed by atoms with van der Waals surface area (Å²) in [5.74, 6) is 0. The molecule has 1 aliphatic rings. The summed E-state index contributed by atoms with van der Waals surface area (Å²) in [7, 11) is 0. The summed E-state index contributed by atoms with van der Waals surface area (Å²) in [6.45, 7) is 3.14. The number of allylic oxidation sites excluding steroid dienone is 4. The van der Waals surface area contributed by atoms with E-state index >= 15 is 0 Å². The van der Waals surface area contributed by atoms with Crippen molar-refractivity contribution >= 4 is 0 Å². The molecule has 0 heterocycles. The second-order valence-corrected chi connectivity index (χ2v) is 2.66. The second kappa shape index (κ2) is 13.5. The van der Waals surface area contributed by atoms with Crippen LogP contribution in [0.2, 0.25) is 0 Å². The van der Waals surface area contributed by atoms with Gasteiger partial charge in [0, 0.05) is 0 Å². The molecule has 2 nitrogen and oxygen atoms in total. The first-order valence-corrected chi connectivity index (χ1v) is 4.55. The predicted octanol–water partition coefficient (Wildman–Crippen LogP) is 0.110. The van der Waals surface area contributed by atoms with E-state index in [2.05, 4.69) is 34.5 Å². The molecule has 0 radical (unpaired) electrons. The SMILES string of the molecule is CC[O-].CC[O-].[Cr+2][C]1=CC=CC1. The third kappa shape index (κ3) is 16.5. The molecule has 0 fully saturated rings. The van der Waals surface area contributed by atoms with Crippen LogP contribution in [0.5, 0.6) is 0 Å². The van der Waals surface area contributed by atoms with Crippen molar-refractivity contribution in [2.24, 2.45) is 0 Å². The van der Waals surface area contributed by atoms with Crippen LogP contribution in [0.1, 0.15) is 20.3 Å². The van der Waals surface area contributed by atoms with Gasteiger partial charge in [0.1, 0.15) is 0 Å². The molecule has 0 atom stereocenters. The van der Waals surface area contributed by atoms with Crippen LogP contribution in [-0.4, -0.2) is 13.2 Å². The zero-order valence-electron chi connectivity index (χ0n) is 7.58. The molecule has 1 aliphatic carbocycles. The van der Waals surface area contributed by atoms with Gasteiger partial charge in [0.25, 0.3) is 0 Å². The average molecular weight is 207 g/mol.